The minimum absolute atomic E-state index is 0.0870. The predicted octanol–water partition coefficient (Wildman–Crippen LogP) is 3.24. The first kappa shape index (κ1) is 9.66. The highest BCUT2D eigenvalue weighted by molar-refractivity contribution is 6.23. The van der Waals surface area contributed by atoms with Crippen molar-refractivity contribution in [3.8, 4) is 0 Å². The molecular weight excluding hydrogens is 222 g/mol. The number of hydrogen-bond donors (Lipinski definition) is 0. The molecule has 0 saturated heterocycles. The second-order valence-electron chi connectivity index (χ2n) is 4.61. The minimum atomic E-state index is 0.0870. The summed E-state index contributed by atoms with van der Waals surface area (Å²) in [5, 5.41) is 0. The molecule has 0 saturated carbocycles. The second kappa shape index (κ2) is 3.33. The monoisotopic (exact) mass is 233 g/mol. The quantitative estimate of drug-likeness (QED) is 0.684. The van der Waals surface area contributed by atoms with E-state index in [1.165, 1.54) is 5.56 Å². The van der Waals surface area contributed by atoms with Crippen LogP contribution in [-0.4, -0.2) is 5.91 Å². The predicted molar refractivity (Wildman–Crippen MR) is 71.4 cm³/mol. The van der Waals surface area contributed by atoms with Crippen molar-refractivity contribution >= 4 is 17.3 Å². The Morgan fingerprint density at radius 2 is 1.61 bits per heavy atom. The van der Waals surface area contributed by atoms with Gasteiger partial charge >= 0.3 is 0 Å². The van der Waals surface area contributed by atoms with Gasteiger partial charge < -0.3 is 0 Å². The zero-order valence-corrected chi connectivity index (χ0v) is 9.76. The third-order valence-corrected chi connectivity index (χ3v) is 3.63. The van der Waals surface area contributed by atoms with E-state index >= 15 is 0 Å². The lowest BCUT2D eigenvalue weighted by molar-refractivity contribution is 0.101. The first-order chi connectivity index (χ1) is 8.86. The van der Waals surface area contributed by atoms with Crippen LogP contribution in [0.4, 0.5) is 5.69 Å². The van der Waals surface area contributed by atoms with Crippen LogP contribution in [0.2, 0.25) is 0 Å². The molecule has 0 spiro atoms. The van der Waals surface area contributed by atoms with E-state index in [4.69, 9.17) is 0 Å². The maximum atomic E-state index is 12.5. The SMILES string of the molecule is O=C1c2ccccc2C2=CCc3ccccc3N12. The van der Waals surface area contributed by atoms with Crippen LogP contribution in [-0.2, 0) is 6.42 Å². The Kier molecular flexibility index (Phi) is 1.78. The van der Waals surface area contributed by atoms with Crippen LogP contribution in [0.3, 0.4) is 0 Å². The Morgan fingerprint density at radius 3 is 2.50 bits per heavy atom. The highest BCUT2D eigenvalue weighted by Crippen LogP contribution is 2.41. The van der Waals surface area contributed by atoms with Crippen molar-refractivity contribution in [3.05, 3.63) is 71.3 Å². The molecule has 0 N–H and O–H groups in total. The van der Waals surface area contributed by atoms with Gasteiger partial charge in [0.05, 0.1) is 11.4 Å². The van der Waals surface area contributed by atoms with E-state index in [1.807, 2.05) is 47.4 Å². The summed E-state index contributed by atoms with van der Waals surface area (Å²) < 4.78 is 0. The molecule has 2 heterocycles. The van der Waals surface area contributed by atoms with E-state index in [2.05, 4.69) is 12.1 Å². The molecule has 2 aliphatic rings. The molecule has 1 amide bonds. The van der Waals surface area contributed by atoms with Gasteiger partial charge in [-0.3, -0.25) is 9.69 Å². The fourth-order valence-corrected chi connectivity index (χ4v) is 2.79. The van der Waals surface area contributed by atoms with Crippen LogP contribution in [0.1, 0.15) is 21.5 Å². The molecule has 2 aromatic carbocycles. The molecule has 0 aromatic heterocycles. The van der Waals surface area contributed by atoms with Crippen molar-refractivity contribution in [2.45, 2.75) is 6.42 Å². The van der Waals surface area contributed by atoms with Crippen molar-refractivity contribution in [2.75, 3.05) is 4.90 Å². The van der Waals surface area contributed by atoms with Gasteiger partial charge in [0.1, 0.15) is 0 Å². The number of rotatable bonds is 0. The Hall–Kier alpha value is -2.35. The summed E-state index contributed by atoms with van der Waals surface area (Å²) in [5.74, 6) is 0.0870. The van der Waals surface area contributed by atoms with Gasteiger partial charge in [0.25, 0.3) is 5.91 Å². The van der Waals surface area contributed by atoms with Gasteiger partial charge in [-0.1, -0.05) is 42.5 Å². The van der Waals surface area contributed by atoms with E-state index < -0.39 is 0 Å². The smallest absolute Gasteiger partial charge is 0.263 e. The average Bonchev–Trinajstić information content (AvgIpc) is 2.73. The van der Waals surface area contributed by atoms with E-state index in [-0.39, 0.29) is 5.91 Å². The van der Waals surface area contributed by atoms with Crippen molar-refractivity contribution in [3.63, 3.8) is 0 Å². The molecule has 2 aliphatic heterocycles. The number of amides is 1. The normalized spacial score (nSPS) is 15.9. The molecule has 86 valence electrons. The van der Waals surface area contributed by atoms with E-state index in [0.29, 0.717) is 0 Å². The molecule has 0 atom stereocenters. The third kappa shape index (κ3) is 1.10. The van der Waals surface area contributed by atoms with E-state index in [9.17, 15) is 4.79 Å². The molecule has 0 fully saturated rings. The number of hydrogen-bond acceptors (Lipinski definition) is 1. The van der Waals surface area contributed by atoms with E-state index in [0.717, 1.165) is 28.9 Å². The van der Waals surface area contributed by atoms with Crippen LogP contribution in [0, 0.1) is 0 Å². The van der Waals surface area contributed by atoms with Crippen LogP contribution in [0.5, 0.6) is 0 Å². The first-order valence-corrected chi connectivity index (χ1v) is 6.08. The van der Waals surface area contributed by atoms with Gasteiger partial charge in [-0.2, -0.15) is 0 Å². The summed E-state index contributed by atoms with van der Waals surface area (Å²) in [7, 11) is 0. The average molecular weight is 233 g/mol. The lowest BCUT2D eigenvalue weighted by Gasteiger charge is -2.25. The number of benzene rings is 2. The summed E-state index contributed by atoms with van der Waals surface area (Å²) in [5.41, 5.74) is 5.13. The first-order valence-electron chi connectivity index (χ1n) is 6.08. The molecule has 2 nitrogen and oxygen atoms in total. The van der Waals surface area contributed by atoms with Crippen LogP contribution in [0.25, 0.3) is 5.70 Å². The summed E-state index contributed by atoms with van der Waals surface area (Å²) in [6.45, 7) is 0. The highest BCUT2D eigenvalue weighted by atomic mass is 16.2. The number of anilines is 1. The van der Waals surface area contributed by atoms with Gasteiger partial charge in [0, 0.05) is 11.1 Å². The van der Waals surface area contributed by atoms with Crippen LogP contribution < -0.4 is 4.90 Å². The topological polar surface area (TPSA) is 20.3 Å². The number of carbonyl (C=O) groups is 1. The number of nitrogens with zero attached hydrogens (tertiary/aromatic N) is 1. The number of para-hydroxylation sites is 1. The maximum Gasteiger partial charge on any atom is 0.263 e. The maximum absolute atomic E-state index is 12.5. The molecule has 0 bridgehead atoms. The van der Waals surface area contributed by atoms with Crippen molar-refractivity contribution in [2.24, 2.45) is 0 Å². The number of fused-ring (bicyclic) bond motifs is 5. The molecule has 4 rings (SSSR count). The minimum Gasteiger partial charge on any atom is -0.276 e. The zero-order valence-electron chi connectivity index (χ0n) is 9.76. The Morgan fingerprint density at radius 1 is 0.889 bits per heavy atom. The zero-order chi connectivity index (χ0) is 12.1. The summed E-state index contributed by atoms with van der Waals surface area (Å²) >= 11 is 0. The fraction of sp³-hybridized carbons (Fsp3) is 0.0625. The van der Waals surface area contributed by atoms with Gasteiger partial charge in [-0.15, -0.1) is 0 Å². The van der Waals surface area contributed by atoms with E-state index in [1.54, 1.807) is 0 Å². The van der Waals surface area contributed by atoms with Crippen molar-refractivity contribution < 1.29 is 4.79 Å². The molecule has 0 unspecified atom stereocenters. The largest absolute Gasteiger partial charge is 0.276 e. The molecule has 2 aromatic rings. The summed E-state index contributed by atoms with van der Waals surface area (Å²) in [6, 6.07) is 15.9. The molecule has 0 aliphatic carbocycles. The third-order valence-electron chi connectivity index (χ3n) is 3.63. The van der Waals surface area contributed by atoms with Gasteiger partial charge in [-0.25, -0.2) is 0 Å². The van der Waals surface area contributed by atoms with Gasteiger partial charge in [-0.05, 0) is 24.1 Å². The molecule has 2 heteroatoms. The number of allylic oxidation sites excluding steroid dienone is 1. The molecule has 0 radical (unpaired) electrons. The second-order valence-corrected chi connectivity index (χ2v) is 4.61. The van der Waals surface area contributed by atoms with Crippen molar-refractivity contribution in [1.82, 2.24) is 0 Å². The van der Waals surface area contributed by atoms with Gasteiger partial charge in [0.2, 0.25) is 0 Å². The molecular formula is C16H11NO. The summed E-state index contributed by atoms with van der Waals surface area (Å²) in [6.07, 6.45) is 3.04. The Balaban J connectivity index is 1.98. The van der Waals surface area contributed by atoms with Crippen LogP contribution in [0.15, 0.2) is 54.6 Å². The highest BCUT2D eigenvalue weighted by Gasteiger charge is 2.35. The fourth-order valence-electron chi connectivity index (χ4n) is 2.79. The van der Waals surface area contributed by atoms with Gasteiger partial charge in [0.15, 0.2) is 0 Å². The lowest BCUT2D eigenvalue weighted by Crippen LogP contribution is -2.25. The summed E-state index contributed by atoms with van der Waals surface area (Å²) in [4.78, 5) is 14.3. The lowest BCUT2D eigenvalue weighted by atomic mass is 10.0. The van der Waals surface area contributed by atoms with Crippen molar-refractivity contribution in [1.29, 1.82) is 0 Å². The molecule has 18 heavy (non-hydrogen) atoms. The van der Waals surface area contributed by atoms with Crippen LogP contribution >= 0.6 is 0 Å². The Labute approximate surface area is 105 Å². The standard InChI is InChI=1S/C16H11NO/c18-16-13-7-3-2-6-12(13)15-10-9-11-5-1-4-8-14(11)17(15)16/h1-8,10H,9H2. The Bertz CT molecular complexity index is 700. The number of carbonyl (C=O) groups excluding carboxylic acids is 1.